The van der Waals surface area contributed by atoms with Gasteiger partial charge in [0.05, 0.1) is 5.56 Å². The Morgan fingerprint density at radius 3 is 2.68 bits per heavy atom. The number of nitrogens with two attached hydrogens (primary N) is 1. The number of hydrogen-bond acceptors (Lipinski definition) is 2. The lowest BCUT2D eigenvalue weighted by molar-refractivity contribution is 0.0955. The fourth-order valence-electron chi connectivity index (χ4n) is 1.81. The second kappa shape index (κ2) is 6.25. The lowest BCUT2D eigenvalue weighted by Gasteiger charge is -2.07. The van der Waals surface area contributed by atoms with Gasteiger partial charge in [-0.05, 0) is 36.2 Å². The molecule has 3 nitrogen and oxygen atoms in total. The standard InChI is InChI=1S/C15H15ClN2O/c16-12-5-3-4-11(10-12)8-9-18-15(19)13-6-1-2-7-14(13)17/h1-7,10H,8-9,17H2,(H,18,19). The van der Waals surface area contributed by atoms with Crippen LogP contribution in [0.5, 0.6) is 0 Å². The van der Waals surface area contributed by atoms with Crippen LogP contribution in [0.15, 0.2) is 48.5 Å². The SMILES string of the molecule is Nc1ccccc1C(=O)NCCc1cccc(Cl)c1. The summed E-state index contributed by atoms with van der Waals surface area (Å²) in [7, 11) is 0. The molecule has 0 aromatic heterocycles. The molecule has 0 aliphatic carbocycles. The maximum absolute atomic E-state index is 11.9. The number of para-hydroxylation sites is 1. The molecule has 0 bridgehead atoms. The van der Waals surface area contributed by atoms with Crippen molar-refractivity contribution < 1.29 is 4.79 Å². The summed E-state index contributed by atoms with van der Waals surface area (Å²) in [5.74, 6) is -0.153. The zero-order valence-corrected chi connectivity index (χ0v) is 11.2. The van der Waals surface area contributed by atoms with Crippen LogP contribution in [0.4, 0.5) is 5.69 Å². The first-order valence-electron chi connectivity index (χ1n) is 6.04. The normalized spacial score (nSPS) is 10.2. The molecule has 2 rings (SSSR count). The van der Waals surface area contributed by atoms with Crippen LogP contribution in [0.3, 0.4) is 0 Å². The number of rotatable bonds is 4. The second-order valence-electron chi connectivity index (χ2n) is 4.22. The summed E-state index contributed by atoms with van der Waals surface area (Å²) in [6, 6.07) is 14.6. The fraction of sp³-hybridized carbons (Fsp3) is 0.133. The number of nitrogens with one attached hydrogen (secondary N) is 1. The summed E-state index contributed by atoms with van der Waals surface area (Å²) in [6.45, 7) is 0.549. The molecular formula is C15H15ClN2O. The average molecular weight is 275 g/mol. The van der Waals surface area contributed by atoms with E-state index >= 15 is 0 Å². The minimum Gasteiger partial charge on any atom is -0.398 e. The predicted octanol–water partition coefficient (Wildman–Crippen LogP) is 2.89. The lowest BCUT2D eigenvalue weighted by atomic mass is 10.1. The molecule has 0 aliphatic rings. The van der Waals surface area contributed by atoms with E-state index in [0.717, 1.165) is 12.0 Å². The van der Waals surface area contributed by atoms with Gasteiger partial charge >= 0.3 is 0 Å². The van der Waals surface area contributed by atoms with Crippen molar-refractivity contribution in [2.75, 3.05) is 12.3 Å². The van der Waals surface area contributed by atoms with E-state index in [4.69, 9.17) is 17.3 Å². The van der Waals surface area contributed by atoms with Crippen molar-refractivity contribution in [3.05, 3.63) is 64.7 Å². The highest BCUT2D eigenvalue weighted by Crippen LogP contribution is 2.12. The van der Waals surface area contributed by atoms with Crippen LogP contribution in [0.25, 0.3) is 0 Å². The molecule has 4 heteroatoms. The van der Waals surface area contributed by atoms with Gasteiger partial charge in [-0.1, -0.05) is 35.9 Å². The lowest BCUT2D eigenvalue weighted by Crippen LogP contribution is -2.26. The first kappa shape index (κ1) is 13.4. The Morgan fingerprint density at radius 2 is 1.95 bits per heavy atom. The summed E-state index contributed by atoms with van der Waals surface area (Å²) < 4.78 is 0. The summed E-state index contributed by atoms with van der Waals surface area (Å²) >= 11 is 5.90. The number of amides is 1. The van der Waals surface area contributed by atoms with Gasteiger partial charge in [-0.3, -0.25) is 4.79 Å². The largest absolute Gasteiger partial charge is 0.398 e. The number of carbonyl (C=O) groups excluding carboxylic acids is 1. The molecule has 0 atom stereocenters. The van der Waals surface area contributed by atoms with Gasteiger partial charge in [-0.25, -0.2) is 0 Å². The van der Waals surface area contributed by atoms with Gasteiger partial charge < -0.3 is 11.1 Å². The topological polar surface area (TPSA) is 55.1 Å². The van der Waals surface area contributed by atoms with E-state index in [1.807, 2.05) is 24.3 Å². The zero-order valence-electron chi connectivity index (χ0n) is 10.4. The van der Waals surface area contributed by atoms with Crippen molar-refractivity contribution in [2.45, 2.75) is 6.42 Å². The molecule has 1 amide bonds. The molecule has 19 heavy (non-hydrogen) atoms. The van der Waals surface area contributed by atoms with E-state index in [1.54, 1.807) is 24.3 Å². The maximum Gasteiger partial charge on any atom is 0.253 e. The molecule has 0 fully saturated rings. The monoisotopic (exact) mass is 274 g/mol. The van der Waals surface area contributed by atoms with Crippen LogP contribution in [0.1, 0.15) is 15.9 Å². The molecular weight excluding hydrogens is 260 g/mol. The van der Waals surface area contributed by atoms with Crippen molar-refractivity contribution in [2.24, 2.45) is 0 Å². The molecule has 0 unspecified atom stereocenters. The summed E-state index contributed by atoms with van der Waals surface area (Å²) in [5, 5.41) is 3.55. The van der Waals surface area contributed by atoms with Crippen molar-refractivity contribution in [3.63, 3.8) is 0 Å². The molecule has 0 saturated carbocycles. The summed E-state index contributed by atoms with van der Waals surface area (Å²) in [4.78, 5) is 11.9. The summed E-state index contributed by atoms with van der Waals surface area (Å²) in [6.07, 6.45) is 0.735. The van der Waals surface area contributed by atoms with E-state index in [2.05, 4.69) is 5.32 Å². The van der Waals surface area contributed by atoms with Crippen LogP contribution in [0, 0.1) is 0 Å². The molecule has 98 valence electrons. The van der Waals surface area contributed by atoms with Crippen molar-refractivity contribution in [1.82, 2.24) is 5.32 Å². The molecule has 2 aromatic rings. The van der Waals surface area contributed by atoms with Gasteiger partial charge in [0.1, 0.15) is 0 Å². The van der Waals surface area contributed by atoms with Crippen LogP contribution in [0.2, 0.25) is 5.02 Å². The van der Waals surface area contributed by atoms with E-state index < -0.39 is 0 Å². The molecule has 0 saturated heterocycles. The summed E-state index contributed by atoms with van der Waals surface area (Å²) in [5.41, 5.74) is 7.83. The highest BCUT2D eigenvalue weighted by Gasteiger charge is 2.07. The van der Waals surface area contributed by atoms with Gasteiger partial charge in [0.25, 0.3) is 5.91 Å². The van der Waals surface area contributed by atoms with E-state index in [-0.39, 0.29) is 5.91 Å². The molecule has 0 spiro atoms. The molecule has 0 radical (unpaired) electrons. The highest BCUT2D eigenvalue weighted by molar-refractivity contribution is 6.30. The van der Waals surface area contributed by atoms with Gasteiger partial charge in [-0.15, -0.1) is 0 Å². The molecule has 0 aliphatic heterocycles. The predicted molar refractivity (Wildman–Crippen MR) is 78.3 cm³/mol. The van der Waals surface area contributed by atoms with Crippen LogP contribution in [-0.4, -0.2) is 12.5 Å². The van der Waals surface area contributed by atoms with Gasteiger partial charge in [0.2, 0.25) is 0 Å². The van der Waals surface area contributed by atoms with E-state index in [9.17, 15) is 4.79 Å². The third-order valence-electron chi connectivity index (χ3n) is 2.79. The third kappa shape index (κ3) is 3.73. The van der Waals surface area contributed by atoms with Crippen LogP contribution < -0.4 is 11.1 Å². The number of benzene rings is 2. The van der Waals surface area contributed by atoms with Crippen molar-refractivity contribution in [1.29, 1.82) is 0 Å². The van der Waals surface area contributed by atoms with Crippen molar-refractivity contribution >= 4 is 23.2 Å². The van der Waals surface area contributed by atoms with Crippen LogP contribution in [-0.2, 0) is 6.42 Å². The van der Waals surface area contributed by atoms with Crippen molar-refractivity contribution in [3.8, 4) is 0 Å². The Balaban J connectivity index is 1.90. The second-order valence-corrected chi connectivity index (χ2v) is 4.66. The molecule has 2 aromatic carbocycles. The first-order chi connectivity index (χ1) is 9.16. The average Bonchev–Trinajstić information content (AvgIpc) is 2.39. The number of nitrogen functional groups attached to an aromatic ring is 1. The van der Waals surface area contributed by atoms with E-state index in [1.165, 1.54) is 0 Å². The maximum atomic E-state index is 11.9. The Hall–Kier alpha value is -2.00. The minimum absolute atomic E-state index is 0.153. The smallest absolute Gasteiger partial charge is 0.253 e. The Labute approximate surface area is 117 Å². The third-order valence-corrected chi connectivity index (χ3v) is 3.03. The van der Waals surface area contributed by atoms with Gasteiger partial charge in [0.15, 0.2) is 0 Å². The first-order valence-corrected chi connectivity index (χ1v) is 6.42. The number of carbonyl (C=O) groups is 1. The fourth-order valence-corrected chi connectivity index (χ4v) is 2.02. The van der Waals surface area contributed by atoms with Gasteiger partial charge in [-0.2, -0.15) is 0 Å². The molecule has 0 heterocycles. The Kier molecular flexibility index (Phi) is 4.42. The number of anilines is 1. The number of hydrogen-bond donors (Lipinski definition) is 2. The van der Waals surface area contributed by atoms with Crippen LogP contribution >= 0.6 is 11.6 Å². The highest BCUT2D eigenvalue weighted by atomic mass is 35.5. The van der Waals surface area contributed by atoms with Gasteiger partial charge in [0, 0.05) is 17.3 Å². The minimum atomic E-state index is -0.153. The zero-order chi connectivity index (χ0) is 13.7. The van der Waals surface area contributed by atoms with E-state index in [0.29, 0.717) is 22.8 Å². The quantitative estimate of drug-likeness (QED) is 0.843. The number of halogens is 1. The Bertz CT molecular complexity index is 584. The Morgan fingerprint density at radius 1 is 1.16 bits per heavy atom. The molecule has 3 N–H and O–H groups in total.